The molecule has 0 N–H and O–H groups in total. The molecule has 0 bridgehead atoms. The van der Waals surface area contributed by atoms with Gasteiger partial charge in [-0.15, -0.1) is 0 Å². The fraction of sp³-hybridized carbons (Fsp3) is 0.320. The maximum Gasteiger partial charge on any atom is 0.185 e. The standard InChI is InChI=1S/C25H28O5/c1-16-12-19(14-17-8-6-10-21(27-2)24(17)29-4)23(26)20(13-16)15-18-9-7-11-22(28-3)25(18)30-5/h6-11,14-16H,12-13H2,1-5H3/b19-14-,20-15+. The highest BCUT2D eigenvalue weighted by atomic mass is 16.5. The Morgan fingerprint density at radius 2 is 1.17 bits per heavy atom. The predicted octanol–water partition coefficient (Wildman–Crippen LogP) is 5.19. The van der Waals surface area contributed by atoms with Crippen LogP contribution in [-0.2, 0) is 4.79 Å². The highest BCUT2D eigenvalue weighted by Crippen LogP contribution is 2.38. The summed E-state index contributed by atoms with van der Waals surface area (Å²) in [7, 11) is 6.41. The third kappa shape index (κ3) is 4.35. The van der Waals surface area contributed by atoms with Crippen molar-refractivity contribution in [3.63, 3.8) is 0 Å². The van der Waals surface area contributed by atoms with Crippen molar-refractivity contribution >= 4 is 17.9 Å². The lowest BCUT2D eigenvalue weighted by Crippen LogP contribution is -2.18. The van der Waals surface area contributed by atoms with Crippen LogP contribution in [0.1, 0.15) is 30.9 Å². The molecule has 0 amide bonds. The Labute approximate surface area is 177 Å². The summed E-state index contributed by atoms with van der Waals surface area (Å²) in [5.74, 6) is 2.91. The number of para-hydroxylation sites is 2. The average molecular weight is 408 g/mol. The molecule has 1 saturated carbocycles. The van der Waals surface area contributed by atoms with Gasteiger partial charge < -0.3 is 18.9 Å². The van der Waals surface area contributed by atoms with E-state index in [0.717, 1.165) is 22.3 Å². The number of Topliss-reactive ketones (excluding diaryl/α,β-unsaturated/α-hetero) is 1. The number of ether oxygens (including phenoxy) is 4. The van der Waals surface area contributed by atoms with Gasteiger partial charge in [0, 0.05) is 22.3 Å². The molecule has 1 atom stereocenters. The van der Waals surface area contributed by atoms with Crippen LogP contribution < -0.4 is 18.9 Å². The van der Waals surface area contributed by atoms with Gasteiger partial charge >= 0.3 is 0 Å². The lowest BCUT2D eigenvalue weighted by molar-refractivity contribution is -0.113. The summed E-state index contributed by atoms with van der Waals surface area (Å²) < 4.78 is 21.8. The number of carbonyl (C=O) groups is 1. The summed E-state index contributed by atoms with van der Waals surface area (Å²) in [5, 5.41) is 0. The maximum atomic E-state index is 13.3. The van der Waals surface area contributed by atoms with E-state index in [0.29, 0.717) is 41.8 Å². The first-order chi connectivity index (χ1) is 14.5. The SMILES string of the molecule is COc1cccc(/C=C2/CC(C)C/C(=C\c3cccc(OC)c3OC)C2=O)c1OC. The Morgan fingerprint density at radius 1 is 0.733 bits per heavy atom. The first-order valence-electron chi connectivity index (χ1n) is 9.90. The fourth-order valence-electron chi connectivity index (χ4n) is 3.89. The van der Waals surface area contributed by atoms with Gasteiger partial charge in [-0.2, -0.15) is 0 Å². The van der Waals surface area contributed by atoms with Crippen molar-refractivity contribution in [2.45, 2.75) is 19.8 Å². The van der Waals surface area contributed by atoms with Gasteiger partial charge in [0.05, 0.1) is 28.4 Å². The predicted molar refractivity (Wildman–Crippen MR) is 118 cm³/mol. The largest absolute Gasteiger partial charge is 0.493 e. The molecule has 0 radical (unpaired) electrons. The van der Waals surface area contributed by atoms with Gasteiger partial charge in [-0.1, -0.05) is 31.2 Å². The van der Waals surface area contributed by atoms with E-state index < -0.39 is 0 Å². The van der Waals surface area contributed by atoms with E-state index in [-0.39, 0.29) is 5.78 Å². The summed E-state index contributed by atoms with van der Waals surface area (Å²) in [5.41, 5.74) is 3.17. The molecule has 2 aromatic carbocycles. The van der Waals surface area contributed by atoms with Crippen molar-refractivity contribution < 1.29 is 23.7 Å². The number of rotatable bonds is 6. The zero-order valence-electron chi connectivity index (χ0n) is 18.2. The molecule has 0 spiro atoms. The first-order valence-corrected chi connectivity index (χ1v) is 9.90. The van der Waals surface area contributed by atoms with E-state index in [9.17, 15) is 4.79 Å². The molecule has 158 valence electrons. The molecule has 1 aliphatic carbocycles. The Hall–Kier alpha value is -3.21. The number of ketones is 1. The number of benzene rings is 2. The highest BCUT2D eigenvalue weighted by molar-refractivity contribution is 6.14. The molecule has 1 aliphatic rings. The minimum atomic E-state index is 0.0443. The van der Waals surface area contributed by atoms with Crippen LogP contribution in [0.3, 0.4) is 0 Å². The normalized spacial score (nSPS) is 19.1. The zero-order valence-corrected chi connectivity index (χ0v) is 18.2. The van der Waals surface area contributed by atoms with Gasteiger partial charge in [-0.05, 0) is 43.0 Å². The second-order valence-corrected chi connectivity index (χ2v) is 7.35. The first kappa shape index (κ1) is 21.5. The number of methoxy groups -OCH3 is 4. The fourth-order valence-corrected chi connectivity index (χ4v) is 3.89. The molecule has 0 aromatic heterocycles. The van der Waals surface area contributed by atoms with E-state index >= 15 is 0 Å². The smallest absolute Gasteiger partial charge is 0.185 e. The number of allylic oxidation sites excluding steroid dienone is 2. The molecule has 0 aliphatic heterocycles. The Balaban J connectivity index is 2.03. The van der Waals surface area contributed by atoms with Crippen molar-refractivity contribution in [3.8, 4) is 23.0 Å². The molecule has 0 heterocycles. The molecule has 1 fully saturated rings. The Bertz CT molecular complexity index is 910. The molecule has 0 saturated heterocycles. The minimum absolute atomic E-state index is 0.0443. The summed E-state index contributed by atoms with van der Waals surface area (Å²) in [4.78, 5) is 13.3. The van der Waals surface area contributed by atoms with Gasteiger partial charge in [0.15, 0.2) is 28.8 Å². The Morgan fingerprint density at radius 3 is 1.53 bits per heavy atom. The average Bonchev–Trinajstić information content (AvgIpc) is 2.76. The van der Waals surface area contributed by atoms with Gasteiger partial charge in [0.1, 0.15) is 0 Å². The van der Waals surface area contributed by atoms with Crippen LogP contribution in [0.4, 0.5) is 0 Å². The van der Waals surface area contributed by atoms with Crippen LogP contribution in [0.25, 0.3) is 12.2 Å². The van der Waals surface area contributed by atoms with Crippen molar-refractivity contribution in [3.05, 3.63) is 58.7 Å². The molecule has 1 unspecified atom stereocenters. The number of carbonyl (C=O) groups excluding carboxylic acids is 1. The number of hydrogen-bond acceptors (Lipinski definition) is 5. The van der Waals surface area contributed by atoms with Crippen LogP contribution in [0.5, 0.6) is 23.0 Å². The summed E-state index contributed by atoms with van der Waals surface area (Å²) in [6, 6.07) is 11.3. The topological polar surface area (TPSA) is 54.0 Å². The third-order valence-electron chi connectivity index (χ3n) is 5.25. The van der Waals surface area contributed by atoms with Gasteiger partial charge in [0.2, 0.25) is 0 Å². The monoisotopic (exact) mass is 408 g/mol. The van der Waals surface area contributed by atoms with Crippen LogP contribution >= 0.6 is 0 Å². The van der Waals surface area contributed by atoms with E-state index in [1.54, 1.807) is 28.4 Å². The van der Waals surface area contributed by atoms with Crippen molar-refractivity contribution in [1.82, 2.24) is 0 Å². The second kappa shape index (κ2) is 9.53. The highest BCUT2D eigenvalue weighted by Gasteiger charge is 2.26. The van der Waals surface area contributed by atoms with E-state index in [4.69, 9.17) is 18.9 Å². The number of hydrogen-bond donors (Lipinski definition) is 0. The van der Waals surface area contributed by atoms with Crippen LogP contribution in [0, 0.1) is 5.92 Å². The zero-order chi connectivity index (χ0) is 21.7. The minimum Gasteiger partial charge on any atom is -0.493 e. The second-order valence-electron chi connectivity index (χ2n) is 7.35. The van der Waals surface area contributed by atoms with Crippen LogP contribution in [-0.4, -0.2) is 34.2 Å². The molecule has 5 nitrogen and oxygen atoms in total. The molecular formula is C25H28O5. The molecule has 2 aromatic rings. The quantitative estimate of drug-likeness (QED) is 0.616. The molecule has 5 heteroatoms. The lowest BCUT2D eigenvalue weighted by atomic mass is 9.80. The summed E-state index contributed by atoms with van der Waals surface area (Å²) in [6.07, 6.45) is 5.25. The van der Waals surface area contributed by atoms with Gasteiger partial charge in [-0.25, -0.2) is 0 Å². The van der Waals surface area contributed by atoms with E-state index in [2.05, 4.69) is 6.92 Å². The maximum absolute atomic E-state index is 13.3. The third-order valence-corrected chi connectivity index (χ3v) is 5.25. The lowest BCUT2D eigenvalue weighted by Gasteiger charge is -2.23. The van der Waals surface area contributed by atoms with E-state index in [1.165, 1.54) is 0 Å². The van der Waals surface area contributed by atoms with Crippen molar-refractivity contribution in [2.24, 2.45) is 5.92 Å². The van der Waals surface area contributed by atoms with Gasteiger partial charge in [-0.3, -0.25) is 4.79 Å². The molecular weight excluding hydrogens is 380 g/mol. The van der Waals surface area contributed by atoms with E-state index in [1.807, 2.05) is 48.6 Å². The summed E-state index contributed by atoms with van der Waals surface area (Å²) in [6.45, 7) is 2.15. The summed E-state index contributed by atoms with van der Waals surface area (Å²) >= 11 is 0. The molecule has 3 rings (SSSR count). The van der Waals surface area contributed by atoms with Crippen LogP contribution in [0.2, 0.25) is 0 Å². The van der Waals surface area contributed by atoms with Crippen LogP contribution in [0.15, 0.2) is 47.5 Å². The van der Waals surface area contributed by atoms with Gasteiger partial charge in [0.25, 0.3) is 0 Å². The molecule has 30 heavy (non-hydrogen) atoms. The van der Waals surface area contributed by atoms with Crippen molar-refractivity contribution in [1.29, 1.82) is 0 Å². The Kier molecular flexibility index (Phi) is 6.83. The van der Waals surface area contributed by atoms with Crippen molar-refractivity contribution in [2.75, 3.05) is 28.4 Å².